The van der Waals surface area contributed by atoms with E-state index in [1.165, 1.54) is 17.8 Å². The van der Waals surface area contributed by atoms with Gasteiger partial charge in [0.2, 0.25) is 0 Å². The highest BCUT2D eigenvalue weighted by atomic mass is 32.2. The molecule has 1 saturated carbocycles. The maximum absolute atomic E-state index is 11.5. The Bertz CT molecular complexity index is 618. The van der Waals surface area contributed by atoms with Crippen LogP contribution in [0.25, 0.3) is 0 Å². The summed E-state index contributed by atoms with van der Waals surface area (Å²) in [6, 6.07) is 8.36. The number of hydrogen-bond donors (Lipinski definition) is 2. The lowest BCUT2D eigenvalue weighted by molar-refractivity contribution is 0.475. The van der Waals surface area contributed by atoms with Crippen molar-refractivity contribution in [1.29, 1.82) is 0 Å². The fourth-order valence-corrected chi connectivity index (χ4v) is 2.51. The molecule has 1 aromatic carbocycles. The molecule has 0 spiro atoms. The Balaban J connectivity index is 1.87. The molecule has 1 heterocycles. The molecule has 3 rings (SSSR count). The zero-order valence-electron chi connectivity index (χ0n) is 9.59. The number of phenols is 1. The van der Waals surface area contributed by atoms with Crippen LogP contribution in [0.5, 0.6) is 5.75 Å². The Labute approximate surface area is 108 Å². The van der Waals surface area contributed by atoms with E-state index in [-0.39, 0.29) is 11.3 Å². The van der Waals surface area contributed by atoms with Gasteiger partial charge in [0.15, 0.2) is 0 Å². The van der Waals surface area contributed by atoms with E-state index in [1.54, 1.807) is 24.3 Å². The summed E-state index contributed by atoms with van der Waals surface area (Å²) in [6.45, 7) is 0. The molecule has 0 radical (unpaired) electrons. The predicted octanol–water partition coefficient (Wildman–Crippen LogP) is 2.50. The van der Waals surface area contributed by atoms with Gasteiger partial charge in [0, 0.05) is 16.9 Å². The quantitative estimate of drug-likeness (QED) is 0.832. The Morgan fingerprint density at radius 2 is 2.00 bits per heavy atom. The predicted molar refractivity (Wildman–Crippen MR) is 69.1 cm³/mol. The number of phenolic OH excluding ortho intramolecular Hbond substituents is 1. The van der Waals surface area contributed by atoms with Gasteiger partial charge in [-0.1, -0.05) is 11.8 Å². The maximum Gasteiger partial charge on any atom is 0.252 e. The summed E-state index contributed by atoms with van der Waals surface area (Å²) >= 11 is 1.43. The third-order valence-corrected chi connectivity index (χ3v) is 3.69. The summed E-state index contributed by atoms with van der Waals surface area (Å²) in [4.78, 5) is 19.7. The lowest BCUT2D eigenvalue weighted by atomic mass is 10.3. The lowest BCUT2D eigenvalue weighted by Crippen LogP contribution is -2.09. The first-order chi connectivity index (χ1) is 8.70. The zero-order valence-corrected chi connectivity index (χ0v) is 10.4. The fourth-order valence-electron chi connectivity index (χ4n) is 1.69. The van der Waals surface area contributed by atoms with Gasteiger partial charge in [-0.05, 0) is 37.1 Å². The van der Waals surface area contributed by atoms with Crippen LogP contribution < -0.4 is 5.56 Å². The van der Waals surface area contributed by atoms with Crippen molar-refractivity contribution in [2.24, 2.45) is 0 Å². The Kier molecular flexibility index (Phi) is 2.83. The number of aromatic amines is 1. The molecular weight excluding hydrogens is 248 g/mol. The molecule has 0 bridgehead atoms. The second kappa shape index (κ2) is 4.49. The molecule has 1 aliphatic carbocycles. The van der Waals surface area contributed by atoms with Crippen LogP contribution >= 0.6 is 11.8 Å². The van der Waals surface area contributed by atoms with Crippen LogP contribution in [0, 0.1) is 0 Å². The van der Waals surface area contributed by atoms with Crippen molar-refractivity contribution in [2.75, 3.05) is 0 Å². The van der Waals surface area contributed by atoms with Crippen molar-refractivity contribution in [1.82, 2.24) is 9.97 Å². The molecule has 0 atom stereocenters. The first kappa shape index (κ1) is 11.3. The monoisotopic (exact) mass is 260 g/mol. The summed E-state index contributed by atoms with van der Waals surface area (Å²) in [6.07, 6.45) is 2.21. The number of H-pyrrole nitrogens is 1. The number of aromatic hydroxyl groups is 1. The molecule has 0 aliphatic heterocycles. The van der Waals surface area contributed by atoms with Crippen LogP contribution in [-0.2, 0) is 0 Å². The third kappa shape index (κ3) is 2.56. The molecule has 1 aliphatic rings. The van der Waals surface area contributed by atoms with Gasteiger partial charge in [-0.2, -0.15) is 0 Å². The summed E-state index contributed by atoms with van der Waals surface area (Å²) in [5, 5.41) is 9.91. The van der Waals surface area contributed by atoms with Gasteiger partial charge in [0.05, 0.1) is 0 Å². The van der Waals surface area contributed by atoms with Gasteiger partial charge in [-0.3, -0.25) is 4.79 Å². The molecule has 1 fully saturated rings. The highest BCUT2D eigenvalue weighted by Crippen LogP contribution is 2.38. The largest absolute Gasteiger partial charge is 0.508 e. The second-order valence-electron chi connectivity index (χ2n) is 4.34. The van der Waals surface area contributed by atoms with Crippen molar-refractivity contribution >= 4 is 11.8 Å². The smallest absolute Gasteiger partial charge is 0.252 e. The molecule has 5 heteroatoms. The molecule has 2 N–H and O–H groups in total. The second-order valence-corrected chi connectivity index (χ2v) is 5.43. The minimum Gasteiger partial charge on any atom is -0.508 e. The van der Waals surface area contributed by atoms with E-state index in [4.69, 9.17) is 0 Å². The van der Waals surface area contributed by atoms with Crippen molar-refractivity contribution in [3.8, 4) is 5.75 Å². The standard InChI is InChI=1S/C13H12N2O2S/c16-9-3-5-10(6-4-9)18-12-7-11(17)14-13(15-12)8-1-2-8/h3-8,16H,1-2H2,(H,14,15,17). The number of nitrogens with one attached hydrogen (secondary N) is 1. The summed E-state index contributed by atoms with van der Waals surface area (Å²) in [5.74, 6) is 1.46. The van der Waals surface area contributed by atoms with Crippen LogP contribution in [0.1, 0.15) is 24.6 Å². The summed E-state index contributed by atoms with van der Waals surface area (Å²) < 4.78 is 0. The maximum atomic E-state index is 11.5. The average molecular weight is 260 g/mol. The first-order valence-electron chi connectivity index (χ1n) is 5.79. The Morgan fingerprint density at radius 1 is 1.28 bits per heavy atom. The van der Waals surface area contributed by atoms with Crippen molar-refractivity contribution < 1.29 is 5.11 Å². The van der Waals surface area contributed by atoms with E-state index in [0.29, 0.717) is 10.9 Å². The fraction of sp³-hybridized carbons (Fsp3) is 0.231. The highest BCUT2D eigenvalue weighted by Gasteiger charge is 2.26. The number of rotatable bonds is 3. The first-order valence-corrected chi connectivity index (χ1v) is 6.60. The van der Waals surface area contributed by atoms with Crippen LogP contribution in [0.3, 0.4) is 0 Å². The molecule has 4 nitrogen and oxygen atoms in total. The molecule has 0 unspecified atom stereocenters. The topological polar surface area (TPSA) is 66.0 Å². The third-order valence-electron chi connectivity index (χ3n) is 2.76. The van der Waals surface area contributed by atoms with E-state index in [0.717, 1.165) is 23.6 Å². The van der Waals surface area contributed by atoms with Crippen LogP contribution in [-0.4, -0.2) is 15.1 Å². The van der Waals surface area contributed by atoms with Crippen molar-refractivity contribution in [2.45, 2.75) is 28.7 Å². The molecule has 0 saturated heterocycles. The van der Waals surface area contributed by atoms with Gasteiger partial charge in [0.1, 0.15) is 16.6 Å². The lowest BCUT2D eigenvalue weighted by Gasteiger charge is -2.03. The minimum atomic E-state index is -0.104. The Morgan fingerprint density at radius 3 is 2.67 bits per heavy atom. The summed E-state index contributed by atoms with van der Waals surface area (Å²) in [5.41, 5.74) is -0.104. The SMILES string of the molecule is O=c1cc(Sc2ccc(O)cc2)nc(C2CC2)[nH]1. The molecule has 92 valence electrons. The van der Waals surface area contributed by atoms with Gasteiger partial charge in [0.25, 0.3) is 5.56 Å². The normalized spacial score (nSPS) is 14.7. The Hall–Kier alpha value is -1.75. The van der Waals surface area contributed by atoms with E-state index < -0.39 is 0 Å². The summed E-state index contributed by atoms with van der Waals surface area (Å²) in [7, 11) is 0. The molecule has 2 aromatic rings. The number of benzene rings is 1. The average Bonchev–Trinajstić information content (AvgIpc) is 3.15. The van der Waals surface area contributed by atoms with Crippen molar-refractivity contribution in [3.05, 3.63) is 46.5 Å². The van der Waals surface area contributed by atoms with E-state index in [1.807, 2.05) is 0 Å². The van der Waals surface area contributed by atoms with E-state index in [9.17, 15) is 9.90 Å². The molecule has 18 heavy (non-hydrogen) atoms. The zero-order chi connectivity index (χ0) is 12.5. The minimum absolute atomic E-state index is 0.104. The molecule has 1 aromatic heterocycles. The number of nitrogens with zero attached hydrogens (tertiary/aromatic N) is 1. The van der Waals surface area contributed by atoms with Crippen LogP contribution in [0.2, 0.25) is 0 Å². The van der Waals surface area contributed by atoms with Gasteiger partial charge < -0.3 is 10.1 Å². The molecule has 0 amide bonds. The highest BCUT2D eigenvalue weighted by molar-refractivity contribution is 7.99. The van der Waals surface area contributed by atoms with Crippen LogP contribution in [0.15, 0.2) is 45.0 Å². The van der Waals surface area contributed by atoms with Gasteiger partial charge >= 0.3 is 0 Å². The van der Waals surface area contributed by atoms with Gasteiger partial charge in [-0.25, -0.2) is 4.98 Å². The van der Waals surface area contributed by atoms with Crippen molar-refractivity contribution in [3.63, 3.8) is 0 Å². The van der Waals surface area contributed by atoms with E-state index in [2.05, 4.69) is 9.97 Å². The van der Waals surface area contributed by atoms with E-state index >= 15 is 0 Å². The molecular formula is C13H12N2O2S. The van der Waals surface area contributed by atoms with Crippen LogP contribution in [0.4, 0.5) is 0 Å². The van der Waals surface area contributed by atoms with Gasteiger partial charge in [-0.15, -0.1) is 0 Å². The number of hydrogen-bond acceptors (Lipinski definition) is 4. The number of aromatic nitrogens is 2.